The fraction of sp³-hybridized carbons (Fsp3) is 0.458. The molecule has 1 N–H and O–H groups in total. The number of nitrogens with zero attached hydrogens (tertiary/aromatic N) is 2. The lowest BCUT2D eigenvalue weighted by atomic mass is 10.1. The standard InChI is InChI=1S/C24H31Cl2N3O3S/c1-3-23(29(33(2,31)32)20-11-12-21(25)22(26)15-20)24(30)27-16-18-7-9-19(10-8-18)17-28-13-5-4-6-14-28/h7-12,15,23H,3-6,13-14,16-17H2,1-2H3,(H,27,30)/t23-/m0/s1. The maximum atomic E-state index is 13.0. The van der Waals surface area contributed by atoms with Crippen LogP contribution in [0.25, 0.3) is 0 Å². The summed E-state index contributed by atoms with van der Waals surface area (Å²) in [6.07, 6.45) is 5.21. The maximum Gasteiger partial charge on any atom is 0.244 e. The lowest BCUT2D eigenvalue weighted by molar-refractivity contribution is -0.122. The Morgan fingerprint density at radius 3 is 2.24 bits per heavy atom. The fourth-order valence-corrected chi connectivity index (χ4v) is 5.62. The average Bonchev–Trinajstić information content (AvgIpc) is 2.78. The Kier molecular flexibility index (Phi) is 9.04. The van der Waals surface area contributed by atoms with Gasteiger partial charge < -0.3 is 5.32 Å². The van der Waals surface area contributed by atoms with Gasteiger partial charge in [0.2, 0.25) is 15.9 Å². The molecule has 0 radical (unpaired) electrons. The quantitative estimate of drug-likeness (QED) is 0.522. The topological polar surface area (TPSA) is 69.7 Å². The van der Waals surface area contributed by atoms with Crippen molar-refractivity contribution in [2.24, 2.45) is 0 Å². The van der Waals surface area contributed by atoms with E-state index in [1.54, 1.807) is 13.0 Å². The minimum atomic E-state index is -3.74. The number of rotatable bonds is 9. The molecular weight excluding hydrogens is 481 g/mol. The number of benzene rings is 2. The number of nitrogens with one attached hydrogen (secondary N) is 1. The van der Waals surface area contributed by atoms with E-state index in [0.29, 0.717) is 23.7 Å². The van der Waals surface area contributed by atoms with Crippen molar-refractivity contribution in [2.45, 2.75) is 51.7 Å². The highest BCUT2D eigenvalue weighted by Gasteiger charge is 2.31. The van der Waals surface area contributed by atoms with Crippen LogP contribution in [-0.2, 0) is 27.9 Å². The molecule has 2 aromatic carbocycles. The van der Waals surface area contributed by atoms with Crippen LogP contribution in [-0.4, -0.2) is 44.6 Å². The lowest BCUT2D eigenvalue weighted by Crippen LogP contribution is -2.49. The molecule has 1 heterocycles. The predicted octanol–water partition coefficient (Wildman–Crippen LogP) is 4.84. The van der Waals surface area contributed by atoms with Gasteiger partial charge in [0, 0.05) is 13.1 Å². The summed E-state index contributed by atoms with van der Waals surface area (Å²) < 4.78 is 26.3. The molecule has 0 spiro atoms. The molecule has 0 unspecified atom stereocenters. The van der Waals surface area contributed by atoms with Crippen LogP contribution in [0.1, 0.15) is 43.7 Å². The fourth-order valence-electron chi connectivity index (χ4n) is 4.13. The summed E-state index contributed by atoms with van der Waals surface area (Å²) in [4.78, 5) is 15.5. The molecule has 1 amide bonds. The second-order valence-electron chi connectivity index (χ2n) is 8.45. The van der Waals surface area contributed by atoms with E-state index in [-0.39, 0.29) is 10.9 Å². The summed E-state index contributed by atoms with van der Waals surface area (Å²) in [6.45, 7) is 5.32. The van der Waals surface area contributed by atoms with Gasteiger partial charge in [0.1, 0.15) is 6.04 Å². The predicted molar refractivity (Wildman–Crippen MR) is 135 cm³/mol. The van der Waals surface area contributed by atoms with Crippen LogP contribution in [0.5, 0.6) is 0 Å². The molecule has 1 saturated heterocycles. The number of likely N-dealkylation sites (tertiary alicyclic amines) is 1. The van der Waals surface area contributed by atoms with Crippen LogP contribution in [0.2, 0.25) is 10.0 Å². The van der Waals surface area contributed by atoms with Gasteiger partial charge >= 0.3 is 0 Å². The van der Waals surface area contributed by atoms with Crippen molar-refractivity contribution < 1.29 is 13.2 Å². The highest BCUT2D eigenvalue weighted by molar-refractivity contribution is 7.92. The molecule has 33 heavy (non-hydrogen) atoms. The normalized spacial score (nSPS) is 15.8. The Balaban J connectivity index is 1.67. The van der Waals surface area contributed by atoms with E-state index < -0.39 is 16.1 Å². The minimum absolute atomic E-state index is 0.225. The zero-order chi connectivity index (χ0) is 24.0. The number of sulfonamides is 1. The number of anilines is 1. The van der Waals surface area contributed by atoms with Gasteiger partial charge in [0.25, 0.3) is 0 Å². The van der Waals surface area contributed by atoms with E-state index in [2.05, 4.69) is 22.3 Å². The van der Waals surface area contributed by atoms with Gasteiger partial charge in [-0.25, -0.2) is 8.42 Å². The number of carbonyl (C=O) groups excluding carboxylic acids is 1. The van der Waals surface area contributed by atoms with Gasteiger partial charge in [-0.05, 0) is 61.7 Å². The van der Waals surface area contributed by atoms with E-state index in [4.69, 9.17) is 23.2 Å². The van der Waals surface area contributed by atoms with Crippen LogP contribution in [0.4, 0.5) is 5.69 Å². The van der Waals surface area contributed by atoms with E-state index >= 15 is 0 Å². The molecule has 2 aromatic rings. The van der Waals surface area contributed by atoms with E-state index in [9.17, 15) is 13.2 Å². The Hall–Kier alpha value is -1.80. The number of piperidine rings is 1. The first kappa shape index (κ1) is 25.8. The van der Waals surface area contributed by atoms with Crippen molar-refractivity contribution in [1.82, 2.24) is 10.2 Å². The largest absolute Gasteiger partial charge is 0.350 e. The first-order valence-corrected chi connectivity index (χ1v) is 13.8. The van der Waals surface area contributed by atoms with Crippen molar-refractivity contribution in [3.05, 3.63) is 63.6 Å². The highest BCUT2D eigenvalue weighted by atomic mass is 35.5. The SMILES string of the molecule is CC[C@@H](C(=O)NCc1ccc(CN2CCCCC2)cc1)N(c1ccc(Cl)c(Cl)c1)S(C)(=O)=O. The zero-order valence-corrected chi connectivity index (χ0v) is 21.4. The summed E-state index contributed by atoms with van der Waals surface area (Å²) in [7, 11) is -3.74. The average molecular weight is 513 g/mol. The third kappa shape index (κ3) is 7.09. The van der Waals surface area contributed by atoms with Crippen molar-refractivity contribution in [1.29, 1.82) is 0 Å². The van der Waals surface area contributed by atoms with Crippen LogP contribution < -0.4 is 9.62 Å². The van der Waals surface area contributed by atoms with Crippen molar-refractivity contribution in [3.63, 3.8) is 0 Å². The molecular formula is C24H31Cl2N3O3S. The monoisotopic (exact) mass is 511 g/mol. The van der Waals surface area contributed by atoms with Crippen LogP contribution in [0, 0.1) is 0 Å². The minimum Gasteiger partial charge on any atom is -0.350 e. The second kappa shape index (κ2) is 11.6. The Morgan fingerprint density at radius 2 is 1.67 bits per heavy atom. The van der Waals surface area contributed by atoms with E-state index in [1.165, 1.54) is 37.0 Å². The molecule has 180 valence electrons. The second-order valence-corrected chi connectivity index (χ2v) is 11.1. The summed E-state index contributed by atoms with van der Waals surface area (Å²) in [5, 5.41) is 3.42. The van der Waals surface area contributed by atoms with Crippen molar-refractivity contribution in [3.8, 4) is 0 Å². The number of carbonyl (C=O) groups is 1. The van der Waals surface area contributed by atoms with E-state index in [1.807, 2.05) is 12.1 Å². The Bertz CT molecular complexity index is 1060. The maximum absolute atomic E-state index is 13.0. The summed E-state index contributed by atoms with van der Waals surface area (Å²) in [5.41, 5.74) is 2.51. The molecule has 1 atom stereocenters. The Labute approximate surface area is 206 Å². The number of halogens is 2. The molecule has 0 aliphatic carbocycles. The van der Waals surface area contributed by atoms with Crippen molar-refractivity contribution >= 4 is 44.8 Å². The van der Waals surface area contributed by atoms with Crippen LogP contribution in [0.15, 0.2) is 42.5 Å². The molecule has 1 aliphatic rings. The van der Waals surface area contributed by atoms with Gasteiger partial charge in [0.05, 0.1) is 22.0 Å². The summed E-state index contributed by atoms with van der Waals surface area (Å²) >= 11 is 12.1. The molecule has 9 heteroatoms. The molecule has 6 nitrogen and oxygen atoms in total. The van der Waals surface area contributed by atoms with E-state index in [0.717, 1.165) is 35.8 Å². The molecule has 0 bridgehead atoms. The molecule has 1 aliphatic heterocycles. The summed E-state index contributed by atoms with van der Waals surface area (Å²) in [6, 6.07) is 11.8. The van der Waals surface area contributed by atoms with Crippen molar-refractivity contribution in [2.75, 3.05) is 23.7 Å². The first-order chi connectivity index (χ1) is 15.7. The van der Waals surface area contributed by atoms with Gasteiger partial charge in [-0.3, -0.25) is 14.0 Å². The highest BCUT2D eigenvalue weighted by Crippen LogP contribution is 2.30. The summed E-state index contributed by atoms with van der Waals surface area (Å²) in [5.74, 6) is -0.369. The number of hydrogen-bond acceptors (Lipinski definition) is 4. The molecule has 0 aromatic heterocycles. The van der Waals surface area contributed by atoms with Crippen LogP contribution >= 0.6 is 23.2 Å². The molecule has 3 rings (SSSR count). The lowest BCUT2D eigenvalue weighted by Gasteiger charge is -2.30. The van der Waals surface area contributed by atoms with Gasteiger partial charge in [-0.15, -0.1) is 0 Å². The molecule has 1 fully saturated rings. The number of amides is 1. The first-order valence-electron chi connectivity index (χ1n) is 11.2. The third-order valence-corrected chi connectivity index (χ3v) is 7.75. The molecule has 0 saturated carbocycles. The smallest absolute Gasteiger partial charge is 0.244 e. The Morgan fingerprint density at radius 1 is 1.03 bits per heavy atom. The van der Waals surface area contributed by atoms with Gasteiger partial charge in [-0.2, -0.15) is 0 Å². The third-order valence-electron chi connectivity index (χ3n) is 5.83. The zero-order valence-electron chi connectivity index (χ0n) is 19.1. The van der Waals surface area contributed by atoms with Gasteiger partial charge in [-0.1, -0.05) is 60.8 Å². The number of hydrogen-bond donors (Lipinski definition) is 1. The van der Waals surface area contributed by atoms with Gasteiger partial charge in [0.15, 0.2) is 0 Å². The van der Waals surface area contributed by atoms with Crippen LogP contribution in [0.3, 0.4) is 0 Å².